The molecule has 0 heterocycles. The van der Waals surface area contributed by atoms with Gasteiger partial charge in [-0.3, -0.25) is 9.59 Å². The lowest BCUT2D eigenvalue weighted by molar-refractivity contribution is -0.120. The van der Waals surface area contributed by atoms with Crippen LogP contribution in [0.3, 0.4) is 0 Å². The molecule has 0 radical (unpaired) electrons. The van der Waals surface area contributed by atoms with Crippen molar-refractivity contribution in [2.75, 3.05) is 19.0 Å². The minimum absolute atomic E-state index is 0.0118. The topological polar surface area (TPSA) is 67.4 Å². The van der Waals surface area contributed by atoms with Crippen molar-refractivity contribution in [3.63, 3.8) is 0 Å². The van der Waals surface area contributed by atoms with E-state index in [9.17, 15) is 9.59 Å². The normalized spacial score (nSPS) is 10.2. The number of carbonyl (C=O) groups is 2. The van der Waals surface area contributed by atoms with Crippen molar-refractivity contribution in [3.05, 3.63) is 58.1 Å². The van der Waals surface area contributed by atoms with Gasteiger partial charge >= 0.3 is 0 Å². The second-order valence-corrected chi connectivity index (χ2v) is 6.53. The standard InChI is InChI=1S/C19H21BrN2O3/c1-13-11-15(20)6-9-17(13)25-12-19(24)22-16-7-3-14(4-8-16)5-10-18(23)21-2/h3-4,6-9,11H,5,10,12H2,1-2H3,(H,21,23)(H,22,24). The van der Waals surface area contributed by atoms with Gasteiger partial charge in [-0.1, -0.05) is 28.1 Å². The van der Waals surface area contributed by atoms with Gasteiger partial charge in [0.2, 0.25) is 5.91 Å². The number of halogens is 1. The zero-order valence-electron chi connectivity index (χ0n) is 14.3. The lowest BCUT2D eigenvalue weighted by Gasteiger charge is -2.10. The van der Waals surface area contributed by atoms with Crippen molar-refractivity contribution in [2.45, 2.75) is 19.8 Å². The van der Waals surface area contributed by atoms with Crippen LogP contribution in [0.5, 0.6) is 5.75 Å². The summed E-state index contributed by atoms with van der Waals surface area (Å²) in [6.45, 7) is 1.87. The molecule has 0 saturated heterocycles. The van der Waals surface area contributed by atoms with Crippen LogP contribution in [0, 0.1) is 6.92 Å². The van der Waals surface area contributed by atoms with E-state index in [1.807, 2.05) is 49.4 Å². The number of anilines is 1. The van der Waals surface area contributed by atoms with Gasteiger partial charge in [-0.05, 0) is 54.8 Å². The first-order chi connectivity index (χ1) is 12.0. The van der Waals surface area contributed by atoms with E-state index in [-0.39, 0.29) is 18.4 Å². The van der Waals surface area contributed by atoms with Crippen LogP contribution in [-0.2, 0) is 16.0 Å². The Bertz CT molecular complexity index is 745. The maximum Gasteiger partial charge on any atom is 0.262 e. The molecule has 0 saturated carbocycles. The predicted molar refractivity (Wildman–Crippen MR) is 102 cm³/mol. The van der Waals surface area contributed by atoms with E-state index in [0.717, 1.165) is 15.6 Å². The van der Waals surface area contributed by atoms with Crippen molar-refractivity contribution >= 4 is 33.4 Å². The molecule has 0 atom stereocenters. The number of amides is 2. The van der Waals surface area contributed by atoms with E-state index in [2.05, 4.69) is 26.6 Å². The molecule has 0 aliphatic rings. The third-order valence-electron chi connectivity index (χ3n) is 3.65. The zero-order valence-corrected chi connectivity index (χ0v) is 15.9. The van der Waals surface area contributed by atoms with Crippen molar-refractivity contribution in [2.24, 2.45) is 0 Å². The molecular formula is C19H21BrN2O3. The minimum Gasteiger partial charge on any atom is -0.483 e. The van der Waals surface area contributed by atoms with Crippen LogP contribution in [-0.4, -0.2) is 25.5 Å². The molecule has 2 N–H and O–H groups in total. The molecule has 0 aliphatic carbocycles. The van der Waals surface area contributed by atoms with Crippen LogP contribution < -0.4 is 15.4 Å². The zero-order chi connectivity index (χ0) is 18.2. The first-order valence-electron chi connectivity index (χ1n) is 7.96. The summed E-state index contributed by atoms with van der Waals surface area (Å²) in [4.78, 5) is 23.2. The van der Waals surface area contributed by atoms with Crippen LogP contribution in [0.1, 0.15) is 17.5 Å². The summed E-state index contributed by atoms with van der Waals surface area (Å²) >= 11 is 3.39. The van der Waals surface area contributed by atoms with Gasteiger partial charge in [0, 0.05) is 23.6 Å². The highest BCUT2D eigenvalue weighted by Crippen LogP contribution is 2.22. The lowest BCUT2D eigenvalue weighted by Crippen LogP contribution is -2.20. The Kier molecular flexibility index (Phi) is 7.01. The summed E-state index contributed by atoms with van der Waals surface area (Å²) in [5, 5.41) is 5.39. The number of rotatable bonds is 7. The highest BCUT2D eigenvalue weighted by atomic mass is 79.9. The van der Waals surface area contributed by atoms with Gasteiger partial charge in [-0.2, -0.15) is 0 Å². The summed E-state index contributed by atoms with van der Waals surface area (Å²) in [7, 11) is 1.62. The Morgan fingerprint density at radius 1 is 1.08 bits per heavy atom. The highest BCUT2D eigenvalue weighted by Gasteiger charge is 2.06. The van der Waals surface area contributed by atoms with Gasteiger partial charge in [-0.15, -0.1) is 0 Å². The number of ether oxygens (including phenoxy) is 1. The van der Waals surface area contributed by atoms with Gasteiger partial charge in [0.05, 0.1) is 0 Å². The van der Waals surface area contributed by atoms with E-state index in [1.54, 1.807) is 7.05 Å². The molecular weight excluding hydrogens is 384 g/mol. The average molecular weight is 405 g/mol. The second kappa shape index (κ2) is 9.22. The van der Waals surface area contributed by atoms with E-state index >= 15 is 0 Å². The number of hydrogen-bond donors (Lipinski definition) is 2. The Balaban J connectivity index is 1.82. The van der Waals surface area contributed by atoms with Crippen molar-refractivity contribution < 1.29 is 14.3 Å². The maximum atomic E-state index is 12.0. The fourth-order valence-electron chi connectivity index (χ4n) is 2.25. The van der Waals surface area contributed by atoms with E-state index in [1.165, 1.54) is 0 Å². The fourth-order valence-corrected chi connectivity index (χ4v) is 2.73. The van der Waals surface area contributed by atoms with Crippen LogP contribution >= 0.6 is 15.9 Å². The van der Waals surface area contributed by atoms with Gasteiger partial charge in [-0.25, -0.2) is 0 Å². The number of carbonyl (C=O) groups excluding carboxylic acids is 2. The third kappa shape index (κ3) is 6.23. The number of aryl methyl sites for hydroxylation is 2. The monoisotopic (exact) mass is 404 g/mol. The SMILES string of the molecule is CNC(=O)CCc1ccc(NC(=O)COc2ccc(Br)cc2C)cc1. The lowest BCUT2D eigenvalue weighted by atomic mass is 10.1. The average Bonchev–Trinajstić information content (AvgIpc) is 2.60. The number of hydrogen-bond acceptors (Lipinski definition) is 3. The molecule has 2 aromatic carbocycles. The largest absolute Gasteiger partial charge is 0.483 e. The smallest absolute Gasteiger partial charge is 0.262 e. The van der Waals surface area contributed by atoms with Crippen molar-refractivity contribution in [3.8, 4) is 5.75 Å². The maximum absolute atomic E-state index is 12.0. The van der Waals surface area contributed by atoms with Gasteiger partial charge < -0.3 is 15.4 Å². The number of benzene rings is 2. The molecule has 5 nitrogen and oxygen atoms in total. The van der Waals surface area contributed by atoms with Crippen molar-refractivity contribution in [1.82, 2.24) is 5.32 Å². The molecule has 0 unspecified atom stereocenters. The van der Waals surface area contributed by atoms with Crippen LogP contribution in [0.4, 0.5) is 5.69 Å². The molecule has 2 aromatic rings. The summed E-state index contributed by atoms with van der Waals surface area (Å²) in [5.41, 5.74) is 2.70. The molecule has 2 amide bonds. The van der Waals surface area contributed by atoms with Gasteiger partial charge in [0.25, 0.3) is 5.91 Å². The molecule has 25 heavy (non-hydrogen) atoms. The molecule has 0 aromatic heterocycles. The molecule has 132 valence electrons. The summed E-state index contributed by atoms with van der Waals surface area (Å²) in [5.74, 6) is 0.473. The molecule has 6 heteroatoms. The highest BCUT2D eigenvalue weighted by molar-refractivity contribution is 9.10. The Labute approximate surface area is 155 Å². The van der Waals surface area contributed by atoms with Crippen LogP contribution in [0.25, 0.3) is 0 Å². The molecule has 0 spiro atoms. The minimum atomic E-state index is -0.222. The first-order valence-corrected chi connectivity index (χ1v) is 8.75. The molecule has 0 fully saturated rings. The summed E-state index contributed by atoms with van der Waals surface area (Å²) < 4.78 is 6.52. The fraction of sp³-hybridized carbons (Fsp3) is 0.263. The Hall–Kier alpha value is -2.34. The van der Waals surface area contributed by atoms with E-state index in [4.69, 9.17) is 4.74 Å². The first kappa shape index (κ1) is 19.0. The summed E-state index contributed by atoms with van der Waals surface area (Å²) in [6, 6.07) is 13.1. The Morgan fingerprint density at radius 3 is 2.44 bits per heavy atom. The van der Waals surface area contributed by atoms with E-state index in [0.29, 0.717) is 24.3 Å². The van der Waals surface area contributed by atoms with Crippen LogP contribution in [0.15, 0.2) is 46.9 Å². The predicted octanol–water partition coefficient (Wildman–Crippen LogP) is 3.45. The van der Waals surface area contributed by atoms with E-state index < -0.39 is 0 Å². The second-order valence-electron chi connectivity index (χ2n) is 5.62. The van der Waals surface area contributed by atoms with Crippen LogP contribution in [0.2, 0.25) is 0 Å². The molecule has 0 aliphatic heterocycles. The van der Waals surface area contributed by atoms with Gasteiger partial charge in [0.15, 0.2) is 6.61 Å². The quantitative estimate of drug-likeness (QED) is 0.742. The number of nitrogens with one attached hydrogen (secondary N) is 2. The molecule has 0 bridgehead atoms. The van der Waals surface area contributed by atoms with Crippen molar-refractivity contribution in [1.29, 1.82) is 0 Å². The summed E-state index contributed by atoms with van der Waals surface area (Å²) in [6.07, 6.45) is 1.11. The third-order valence-corrected chi connectivity index (χ3v) is 4.15. The Morgan fingerprint density at radius 2 is 1.80 bits per heavy atom. The van der Waals surface area contributed by atoms with Gasteiger partial charge in [0.1, 0.15) is 5.75 Å². The molecule has 2 rings (SSSR count).